The van der Waals surface area contributed by atoms with Crippen LogP contribution in [0.2, 0.25) is 0 Å². The zero-order valence-corrected chi connectivity index (χ0v) is 17.7. The van der Waals surface area contributed by atoms with E-state index < -0.39 is 0 Å². The predicted molar refractivity (Wildman–Crippen MR) is 115 cm³/mol. The summed E-state index contributed by atoms with van der Waals surface area (Å²) in [7, 11) is 4.84. The van der Waals surface area contributed by atoms with Gasteiger partial charge in [0.1, 0.15) is 11.5 Å². The van der Waals surface area contributed by atoms with Gasteiger partial charge in [-0.05, 0) is 48.2 Å². The largest absolute Gasteiger partial charge is 0.497 e. The number of carbonyl (C=O) groups is 2. The first-order valence-corrected chi connectivity index (χ1v) is 10.1. The molecule has 3 amide bonds. The zero-order valence-electron chi connectivity index (χ0n) is 17.7. The molecule has 0 aromatic heterocycles. The lowest BCUT2D eigenvalue weighted by atomic mass is 9.89. The second-order valence-electron chi connectivity index (χ2n) is 7.37. The average molecular weight is 412 g/mol. The second-order valence-corrected chi connectivity index (χ2v) is 7.37. The summed E-state index contributed by atoms with van der Waals surface area (Å²) >= 11 is 0. The molecular formula is C23H29N3O4. The Morgan fingerprint density at radius 2 is 1.83 bits per heavy atom. The Kier molecular flexibility index (Phi) is 7.17. The average Bonchev–Trinajstić information content (AvgIpc) is 2.81. The van der Waals surface area contributed by atoms with Crippen molar-refractivity contribution < 1.29 is 19.1 Å². The van der Waals surface area contributed by atoms with E-state index in [-0.39, 0.29) is 17.9 Å². The predicted octanol–water partition coefficient (Wildman–Crippen LogP) is 3.15. The van der Waals surface area contributed by atoms with Crippen LogP contribution in [0.1, 0.15) is 40.2 Å². The van der Waals surface area contributed by atoms with E-state index in [0.717, 1.165) is 30.5 Å². The maximum atomic E-state index is 12.7. The maximum absolute atomic E-state index is 12.7. The maximum Gasteiger partial charge on any atom is 0.317 e. The van der Waals surface area contributed by atoms with Gasteiger partial charge in [0.2, 0.25) is 0 Å². The van der Waals surface area contributed by atoms with Crippen LogP contribution < -0.4 is 20.1 Å². The fourth-order valence-electron chi connectivity index (χ4n) is 3.78. The first-order chi connectivity index (χ1) is 14.5. The van der Waals surface area contributed by atoms with Crippen molar-refractivity contribution in [2.45, 2.75) is 25.3 Å². The van der Waals surface area contributed by atoms with Crippen LogP contribution in [0.25, 0.3) is 0 Å². The highest BCUT2D eigenvalue weighted by atomic mass is 16.5. The standard InChI is InChI=1S/C23H29N3O4/c1-24-23(28)26-9-5-8-19(15-26)17-6-4-7-18(12-17)22(27)25-14-16-10-20(29-2)13-21(11-16)30-3/h4,6-7,10-13,19H,5,8-9,14-15H2,1-3H3,(H,24,28)(H,25,27). The number of nitrogens with zero attached hydrogens (tertiary/aromatic N) is 1. The summed E-state index contributed by atoms with van der Waals surface area (Å²) in [6.07, 6.45) is 1.95. The van der Waals surface area contributed by atoms with Crippen molar-refractivity contribution >= 4 is 11.9 Å². The highest BCUT2D eigenvalue weighted by Crippen LogP contribution is 2.27. The van der Waals surface area contributed by atoms with Crippen LogP contribution in [0.15, 0.2) is 42.5 Å². The number of hydrogen-bond donors (Lipinski definition) is 2. The van der Waals surface area contributed by atoms with Gasteiger partial charge in [-0.2, -0.15) is 0 Å². The van der Waals surface area contributed by atoms with Crippen LogP contribution >= 0.6 is 0 Å². The molecule has 2 aromatic rings. The summed E-state index contributed by atoms with van der Waals surface area (Å²) in [4.78, 5) is 26.5. The smallest absolute Gasteiger partial charge is 0.317 e. The number of ether oxygens (including phenoxy) is 2. The monoisotopic (exact) mass is 411 g/mol. The number of rotatable bonds is 6. The molecule has 1 unspecified atom stereocenters. The Balaban J connectivity index is 1.67. The molecule has 1 atom stereocenters. The molecule has 1 aliphatic heterocycles. The highest BCUT2D eigenvalue weighted by Gasteiger charge is 2.24. The molecule has 0 bridgehead atoms. The summed E-state index contributed by atoms with van der Waals surface area (Å²) < 4.78 is 10.6. The molecule has 2 N–H and O–H groups in total. The normalized spacial score (nSPS) is 16.0. The number of methoxy groups -OCH3 is 2. The van der Waals surface area contributed by atoms with Crippen LogP contribution in [0, 0.1) is 0 Å². The van der Waals surface area contributed by atoms with Crippen molar-refractivity contribution in [3.63, 3.8) is 0 Å². The van der Waals surface area contributed by atoms with Gasteiger partial charge in [-0.3, -0.25) is 4.79 Å². The summed E-state index contributed by atoms with van der Waals surface area (Å²) in [5.41, 5.74) is 2.59. The van der Waals surface area contributed by atoms with Gasteiger partial charge in [0.15, 0.2) is 0 Å². The number of nitrogens with one attached hydrogen (secondary N) is 2. The van der Waals surface area contributed by atoms with Crippen LogP contribution in [-0.4, -0.2) is 51.2 Å². The van der Waals surface area contributed by atoms with E-state index in [1.807, 2.05) is 41.3 Å². The molecule has 160 valence electrons. The Morgan fingerprint density at radius 3 is 2.50 bits per heavy atom. The van der Waals surface area contributed by atoms with Crippen molar-refractivity contribution in [2.24, 2.45) is 0 Å². The van der Waals surface area contributed by atoms with Gasteiger partial charge in [0.05, 0.1) is 14.2 Å². The van der Waals surface area contributed by atoms with Crippen LogP contribution in [0.3, 0.4) is 0 Å². The molecule has 2 aromatic carbocycles. The molecule has 1 aliphatic rings. The SMILES string of the molecule is CNC(=O)N1CCCC(c2cccc(C(=O)NCc3cc(OC)cc(OC)c3)c2)C1. The first-order valence-electron chi connectivity index (χ1n) is 10.1. The molecule has 1 saturated heterocycles. The first kappa shape index (κ1) is 21.5. The van der Waals surface area contributed by atoms with Crippen molar-refractivity contribution in [1.29, 1.82) is 0 Å². The number of benzene rings is 2. The lowest BCUT2D eigenvalue weighted by Gasteiger charge is -2.32. The van der Waals surface area contributed by atoms with E-state index in [4.69, 9.17) is 9.47 Å². The Hall–Kier alpha value is -3.22. The van der Waals surface area contributed by atoms with Crippen molar-refractivity contribution in [3.05, 3.63) is 59.2 Å². The Bertz CT molecular complexity index is 878. The third-order valence-electron chi connectivity index (χ3n) is 5.41. The molecule has 7 heteroatoms. The fourth-order valence-corrected chi connectivity index (χ4v) is 3.78. The third-order valence-corrected chi connectivity index (χ3v) is 5.41. The summed E-state index contributed by atoms with van der Waals surface area (Å²) in [5.74, 6) is 1.45. The molecule has 1 fully saturated rings. The number of amides is 3. The molecule has 30 heavy (non-hydrogen) atoms. The van der Waals surface area contributed by atoms with Gasteiger partial charge in [-0.15, -0.1) is 0 Å². The van der Waals surface area contributed by atoms with E-state index in [1.54, 1.807) is 27.3 Å². The van der Waals surface area contributed by atoms with E-state index >= 15 is 0 Å². The van der Waals surface area contributed by atoms with E-state index in [2.05, 4.69) is 10.6 Å². The molecular weight excluding hydrogens is 382 g/mol. The minimum Gasteiger partial charge on any atom is -0.497 e. The second kappa shape index (κ2) is 10.0. The van der Waals surface area contributed by atoms with Gasteiger partial charge < -0.3 is 25.0 Å². The summed E-state index contributed by atoms with van der Waals surface area (Å²) in [6, 6.07) is 13.1. The lowest BCUT2D eigenvalue weighted by molar-refractivity contribution is 0.0950. The summed E-state index contributed by atoms with van der Waals surface area (Å²) in [5, 5.41) is 5.65. The molecule has 3 rings (SSSR count). The lowest BCUT2D eigenvalue weighted by Crippen LogP contribution is -2.43. The van der Waals surface area contributed by atoms with Crippen LogP contribution in [0.4, 0.5) is 4.79 Å². The van der Waals surface area contributed by atoms with Crippen molar-refractivity contribution in [2.75, 3.05) is 34.4 Å². The van der Waals surface area contributed by atoms with Gasteiger partial charge in [-0.1, -0.05) is 12.1 Å². The number of likely N-dealkylation sites (tertiary alicyclic amines) is 1. The van der Waals surface area contributed by atoms with Crippen LogP contribution in [-0.2, 0) is 6.54 Å². The number of carbonyl (C=O) groups excluding carboxylic acids is 2. The molecule has 0 spiro atoms. The minimum atomic E-state index is -0.141. The van der Waals surface area contributed by atoms with Gasteiger partial charge in [-0.25, -0.2) is 4.79 Å². The van der Waals surface area contributed by atoms with Gasteiger partial charge >= 0.3 is 6.03 Å². The zero-order chi connectivity index (χ0) is 21.5. The fraction of sp³-hybridized carbons (Fsp3) is 0.391. The number of urea groups is 1. The molecule has 1 heterocycles. The Morgan fingerprint density at radius 1 is 1.10 bits per heavy atom. The van der Waals surface area contributed by atoms with Crippen molar-refractivity contribution in [1.82, 2.24) is 15.5 Å². The molecule has 0 aliphatic carbocycles. The number of hydrogen-bond acceptors (Lipinski definition) is 4. The number of piperidine rings is 1. The third kappa shape index (κ3) is 5.23. The quantitative estimate of drug-likeness (QED) is 0.765. The summed E-state index contributed by atoms with van der Waals surface area (Å²) in [6.45, 7) is 1.79. The highest BCUT2D eigenvalue weighted by molar-refractivity contribution is 5.94. The van der Waals surface area contributed by atoms with Crippen molar-refractivity contribution in [3.8, 4) is 11.5 Å². The minimum absolute atomic E-state index is 0.0534. The van der Waals surface area contributed by atoms with Crippen LogP contribution in [0.5, 0.6) is 11.5 Å². The molecule has 0 radical (unpaired) electrons. The van der Waals surface area contributed by atoms with E-state index in [9.17, 15) is 9.59 Å². The topological polar surface area (TPSA) is 79.9 Å². The van der Waals surface area contributed by atoms with E-state index in [0.29, 0.717) is 30.2 Å². The Labute approximate surface area is 177 Å². The van der Waals surface area contributed by atoms with E-state index in [1.165, 1.54) is 0 Å². The molecule has 0 saturated carbocycles. The van der Waals surface area contributed by atoms with Gasteiger partial charge in [0.25, 0.3) is 5.91 Å². The molecule has 7 nitrogen and oxygen atoms in total. The van der Waals surface area contributed by atoms with Gasteiger partial charge in [0, 0.05) is 44.2 Å².